The maximum Gasteiger partial charge on any atom is 0.105 e. The molecule has 76 valence electrons. The first-order valence-electron chi connectivity index (χ1n) is 4.49. The molecule has 0 bridgehead atoms. The van der Waals surface area contributed by atoms with Crippen LogP contribution in [0.3, 0.4) is 0 Å². The Morgan fingerprint density at radius 3 is 2.86 bits per heavy atom. The summed E-state index contributed by atoms with van der Waals surface area (Å²) >= 11 is 5.98. The first-order valence-corrected chi connectivity index (χ1v) is 4.87. The van der Waals surface area contributed by atoms with Crippen LogP contribution >= 0.6 is 11.6 Å². The second-order valence-electron chi connectivity index (χ2n) is 3.28. The zero-order valence-electron chi connectivity index (χ0n) is 7.70. The highest BCUT2D eigenvalue weighted by molar-refractivity contribution is 6.31. The lowest BCUT2D eigenvalue weighted by atomic mass is 10.2. The minimum absolute atomic E-state index is 0.200. The van der Waals surface area contributed by atoms with Gasteiger partial charge in [0, 0.05) is 16.3 Å². The van der Waals surface area contributed by atoms with E-state index in [4.69, 9.17) is 26.8 Å². The van der Waals surface area contributed by atoms with Crippen LogP contribution in [-0.2, 0) is 16.1 Å². The van der Waals surface area contributed by atoms with Crippen LogP contribution in [0.2, 0.25) is 5.02 Å². The monoisotopic (exact) mass is 213 g/mol. The molecule has 2 N–H and O–H groups in total. The number of ether oxygens (including phenoxy) is 2. The van der Waals surface area contributed by atoms with Crippen LogP contribution in [0.1, 0.15) is 5.56 Å². The summed E-state index contributed by atoms with van der Waals surface area (Å²) in [5.74, 6) is 0. The predicted molar refractivity (Wildman–Crippen MR) is 55.3 cm³/mol. The molecule has 0 amide bonds. The number of benzene rings is 1. The maximum atomic E-state index is 5.98. The second kappa shape index (κ2) is 4.17. The molecule has 4 heteroatoms. The molecule has 3 nitrogen and oxygen atoms in total. The summed E-state index contributed by atoms with van der Waals surface area (Å²) in [6.45, 7) is 1.80. The van der Waals surface area contributed by atoms with Crippen molar-refractivity contribution in [3.05, 3.63) is 28.8 Å². The van der Waals surface area contributed by atoms with E-state index < -0.39 is 0 Å². The van der Waals surface area contributed by atoms with Gasteiger partial charge in [0.05, 0.1) is 19.8 Å². The molecule has 0 aliphatic carbocycles. The van der Waals surface area contributed by atoms with Gasteiger partial charge in [0.1, 0.15) is 6.10 Å². The Hall–Kier alpha value is -0.770. The van der Waals surface area contributed by atoms with Crippen LogP contribution in [0.5, 0.6) is 0 Å². The fourth-order valence-corrected chi connectivity index (χ4v) is 1.48. The van der Waals surface area contributed by atoms with Gasteiger partial charge in [0.2, 0.25) is 0 Å². The van der Waals surface area contributed by atoms with Crippen LogP contribution in [0.4, 0.5) is 5.69 Å². The highest BCUT2D eigenvalue weighted by Crippen LogP contribution is 2.23. The Morgan fingerprint density at radius 1 is 1.50 bits per heavy atom. The van der Waals surface area contributed by atoms with Gasteiger partial charge < -0.3 is 15.2 Å². The second-order valence-corrected chi connectivity index (χ2v) is 3.69. The van der Waals surface area contributed by atoms with Crippen LogP contribution in [0.25, 0.3) is 0 Å². The molecule has 0 spiro atoms. The van der Waals surface area contributed by atoms with E-state index in [0.29, 0.717) is 30.5 Å². The van der Waals surface area contributed by atoms with Crippen molar-refractivity contribution in [1.82, 2.24) is 0 Å². The summed E-state index contributed by atoms with van der Waals surface area (Å²) in [7, 11) is 0. The summed E-state index contributed by atoms with van der Waals surface area (Å²) in [6, 6.07) is 5.46. The number of hydrogen-bond donors (Lipinski definition) is 1. The SMILES string of the molecule is Nc1cccc(Cl)c1COC1COC1. The number of halogens is 1. The van der Waals surface area contributed by atoms with Crippen molar-refractivity contribution in [2.24, 2.45) is 0 Å². The Bertz CT molecular complexity index is 306. The Kier molecular flexibility index (Phi) is 2.91. The van der Waals surface area contributed by atoms with Gasteiger partial charge in [-0.15, -0.1) is 0 Å². The number of hydrogen-bond acceptors (Lipinski definition) is 3. The highest BCUT2D eigenvalue weighted by Gasteiger charge is 2.19. The molecule has 0 saturated carbocycles. The van der Waals surface area contributed by atoms with Crippen LogP contribution in [-0.4, -0.2) is 19.3 Å². The molecule has 1 aromatic carbocycles. The van der Waals surface area contributed by atoms with Crippen LogP contribution in [0, 0.1) is 0 Å². The molecule has 0 aromatic heterocycles. The Morgan fingerprint density at radius 2 is 2.29 bits per heavy atom. The Labute approximate surface area is 87.8 Å². The van der Waals surface area contributed by atoms with Crippen molar-refractivity contribution >= 4 is 17.3 Å². The molecular weight excluding hydrogens is 202 g/mol. The van der Waals surface area contributed by atoms with E-state index in [0.717, 1.165) is 5.56 Å². The third kappa shape index (κ3) is 2.00. The lowest BCUT2D eigenvalue weighted by Crippen LogP contribution is -2.35. The van der Waals surface area contributed by atoms with Gasteiger partial charge in [-0.05, 0) is 12.1 Å². The quantitative estimate of drug-likeness (QED) is 0.780. The van der Waals surface area contributed by atoms with Crippen molar-refractivity contribution in [2.75, 3.05) is 18.9 Å². The molecule has 0 atom stereocenters. The van der Waals surface area contributed by atoms with E-state index in [9.17, 15) is 0 Å². The number of nitrogen functional groups attached to an aromatic ring is 1. The largest absolute Gasteiger partial charge is 0.398 e. The summed E-state index contributed by atoms with van der Waals surface area (Å²) in [4.78, 5) is 0. The lowest BCUT2D eigenvalue weighted by molar-refractivity contribution is -0.135. The topological polar surface area (TPSA) is 44.5 Å². The lowest BCUT2D eigenvalue weighted by Gasteiger charge is -2.26. The van der Waals surface area contributed by atoms with Crippen molar-refractivity contribution in [3.63, 3.8) is 0 Å². The molecule has 1 saturated heterocycles. The van der Waals surface area contributed by atoms with Gasteiger partial charge in [-0.1, -0.05) is 17.7 Å². The van der Waals surface area contributed by atoms with E-state index in [2.05, 4.69) is 0 Å². The molecule has 0 radical (unpaired) electrons. The Balaban J connectivity index is 2.00. The minimum atomic E-state index is 0.200. The average Bonchev–Trinajstić information content (AvgIpc) is 2.07. The van der Waals surface area contributed by atoms with E-state index in [-0.39, 0.29) is 6.10 Å². The van der Waals surface area contributed by atoms with Gasteiger partial charge in [0.15, 0.2) is 0 Å². The van der Waals surface area contributed by atoms with Crippen molar-refractivity contribution in [3.8, 4) is 0 Å². The molecule has 1 aliphatic heterocycles. The molecule has 1 aromatic rings. The van der Waals surface area contributed by atoms with Crippen molar-refractivity contribution in [1.29, 1.82) is 0 Å². The van der Waals surface area contributed by atoms with E-state index in [1.54, 1.807) is 0 Å². The van der Waals surface area contributed by atoms with E-state index >= 15 is 0 Å². The predicted octanol–water partition coefficient (Wildman–Crippen LogP) is 1.84. The standard InChI is InChI=1S/C10H12ClNO2/c11-9-2-1-3-10(12)8(9)6-14-7-4-13-5-7/h1-3,7H,4-6,12H2. The zero-order chi connectivity index (χ0) is 9.97. The molecule has 1 aliphatic rings. The molecule has 1 fully saturated rings. The molecule has 0 unspecified atom stereocenters. The average molecular weight is 214 g/mol. The van der Waals surface area contributed by atoms with Crippen molar-refractivity contribution < 1.29 is 9.47 Å². The molecular formula is C10H12ClNO2. The third-order valence-electron chi connectivity index (χ3n) is 2.23. The molecule has 14 heavy (non-hydrogen) atoms. The first kappa shape index (κ1) is 9.77. The normalized spacial score (nSPS) is 16.6. The summed E-state index contributed by atoms with van der Waals surface area (Å²) < 4.78 is 10.5. The summed E-state index contributed by atoms with van der Waals surface area (Å²) in [6.07, 6.45) is 0.200. The van der Waals surface area contributed by atoms with Gasteiger partial charge in [-0.25, -0.2) is 0 Å². The van der Waals surface area contributed by atoms with Gasteiger partial charge in [-0.3, -0.25) is 0 Å². The van der Waals surface area contributed by atoms with Crippen LogP contribution in [0.15, 0.2) is 18.2 Å². The number of anilines is 1. The summed E-state index contributed by atoms with van der Waals surface area (Å²) in [5, 5.41) is 0.658. The van der Waals surface area contributed by atoms with Gasteiger partial charge in [-0.2, -0.15) is 0 Å². The highest BCUT2D eigenvalue weighted by atomic mass is 35.5. The number of rotatable bonds is 3. The fourth-order valence-electron chi connectivity index (χ4n) is 1.24. The van der Waals surface area contributed by atoms with Crippen LogP contribution < -0.4 is 5.73 Å². The minimum Gasteiger partial charge on any atom is -0.398 e. The maximum absolute atomic E-state index is 5.98. The van der Waals surface area contributed by atoms with E-state index in [1.807, 2.05) is 18.2 Å². The third-order valence-corrected chi connectivity index (χ3v) is 2.58. The summed E-state index contributed by atoms with van der Waals surface area (Å²) in [5.41, 5.74) is 7.31. The van der Waals surface area contributed by atoms with Gasteiger partial charge >= 0.3 is 0 Å². The first-order chi connectivity index (χ1) is 6.77. The molecule has 1 heterocycles. The molecule has 2 rings (SSSR count). The number of nitrogens with two attached hydrogens (primary N) is 1. The fraction of sp³-hybridized carbons (Fsp3) is 0.400. The van der Waals surface area contributed by atoms with Crippen molar-refractivity contribution in [2.45, 2.75) is 12.7 Å². The smallest absolute Gasteiger partial charge is 0.105 e. The van der Waals surface area contributed by atoms with E-state index in [1.165, 1.54) is 0 Å². The zero-order valence-corrected chi connectivity index (χ0v) is 8.46. The van der Waals surface area contributed by atoms with Gasteiger partial charge in [0.25, 0.3) is 0 Å².